The quantitative estimate of drug-likeness (QED) is 0.0874. The number of aromatic nitrogens is 4. The van der Waals surface area contributed by atoms with E-state index in [0.717, 1.165) is 124 Å². The number of carbonyl (C=O) groups excluding carboxylic acids is 2. The van der Waals surface area contributed by atoms with Gasteiger partial charge in [0.1, 0.15) is 0 Å². The molecule has 3 aromatic heterocycles. The molecule has 56 heavy (non-hydrogen) atoms. The molecule has 0 aromatic carbocycles. The molecule has 0 atom stereocenters. The van der Waals surface area contributed by atoms with E-state index in [4.69, 9.17) is 9.97 Å². The van der Waals surface area contributed by atoms with Crippen molar-refractivity contribution in [2.24, 2.45) is 0 Å². The molecule has 2 aliphatic rings. The number of aryl methyl sites for hydroxylation is 2. The maximum atomic E-state index is 13.1. The number of amides is 2. The van der Waals surface area contributed by atoms with E-state index in [2.05, 4.69) is 128 Å². The molecule has 0 saturated carbocycles. The summed E-state index contributed by atoms with van der Waals surface area (Å²) in [5, 5.41) is 6.25. The Bertz CT molecular complexity index is 2250. The Morgan fingerprint density at radius 3 is 1.41 bits per heavy atom. The van der Waals surface area contributed by atoms with E-state index < -0.39 is 0 Å². The Hall–Kier alpha value is -5.06. The van der Waals surface area contributed by atoms with Crippen LogP contribution < -0.4 is 10.6 Å². The lowest BCUT2D eigenvalue weighted by Gasteiger charge is -2.23. The van der Waals surface area contributed by atoms with E-state index in [9.17, 15) is 9.59 Å². The van der Waals surface area contributed by atoms with E-state index in [1.54, 1.807) is 0 Å². The van der Waals surface area contributed by atoms with E-state index in [0.29, 0.717) is 38.8 Å². The van der Waals surface area contributed by atoms with Crippen molar-refractivity contribution < 1.29 is 18.6 Å². The van der Waals surface area contributed by atoms with Gasteiger partial charge in [-0.2, -0.15) is 0 Å². The molecule has 298 valence electrons. The molecule has 2 aliphatic heterocycles. The number of hydrogen-bond acceptors (Lipinski definition) is 4. The molecule has 0 aliphatic carbocycles. The minimum Gasteiger partial charge on any atom is -0.356 e. The standard InChI is InChI=1S/C46H62N8O2/c1-13-33-29(3)37-25-38-31(5)35(17-19-45(55)47-21-15-23-53(7,8)9)43(51-38)28-44-36(18-20-46(56)48-22-16-24-54(10,11)12)32(6)40(52-44)27-42-34(14-2)30(4)39(50-42)26-41(33)49-37/h13-14,25-28H,1-2,15-24H2,3-12H3,(H2-2,47,48,49,50,51,52,55,56)/p+2. The molecular formula is C46H64N8O2+2. The maximum Gasteiger partial charge on any atom is 0.220 e. The van der Waals surface area contributed by atoms with Crippen LogP contribution in [0.25, 0.3) is 56.5 Å². The van der Waals surface area contributed by atoms with Crippen LogP contribution in [0.2, 0.25) is 0 Å². The summed E-state index contributed by atoms with van der Waals surface area (Å²) in [5.41, 5.74) is 15.3. The maximum absolute atomic E-state index is 13.1. The topological polar surface area (TPSA) is 116 Å². The molecule has 5 heterocycles. The van der Waals surface area contributed by atoms with Crippen LogP contribution in [0.3, 0.4) is 0 Å². The molecule has 0 saturated heterocycles. The van der Waals surface area contributed by atoms with Crippen molar-refractivity contribution in [2.75, 3.05) is 68.5 Å². The van der Waals surface area contributed by atoms with Crippen LogP contribution in [-0.2, 0) is 9.59 Å². The van der Waals surface area contributed by atoms with E-state index >= 15 is 0 Å². The number of H-pyrrole nitrogens is 2. The highest BCUT2D eigenvalue weighted by Crippen LogP contribution is 2.38. The van der Waals surface area contributed by atoms with Crippen LogP contribution in [0, 0.1) is 13.8 Å². The predicted octanol–water partition coefficient (Wildman–Crippen LogP) is 8.06. The van der Waals surface area contributed by atoms with Crippen LogP contribution in [0.15, 0.2) is 37.4 Å². The number of allylic oxidation sites excluding steroid dienone is 4. The van der Waals surface area contributed by atoms with Gasteiger partial charge in [0.15, 0.2) is 0 Å². The van der Waals surface area contributed by atoms with Crippen molar-refractivity contribution in [1.29, 1.82) is 0 Å². The van der Waals surface area contributed by atoms with Crippen molar-refractivity contribution in [3.63, 3.8) is 0 Å². The summed E-state index contributed by atoms with van der Waals surface area (Å²) in [7, 11) is 13.0. The summed E-state index contributed by atoms with van der Waals surface area (Å²) in [4.78, 5) is 44.0. The van der Waals surface area contributed by atoms with Gasteiger partial charge in [-0.1, -0.05) is 25.3 Å². The number of hydrogen-bond donors (Lipinski definition) is 4. The lowest BCUT2D eigenvalue weighted by molar-refractivity contribution is -0.870. The number of aromatic amines is 2. The van der Waals surface area contributed by atoms with Crippen molar-refractivity contribution in [3.05, 3.63) is 82.5 Å². The molecule has 3 aromatic rings. The van der Waals surface area contributed by atoms with Gasteiger partial charge < -0.3 is 29.6 Å². The average Bonchev–Trinajstić information content (AvgIpc) is 3.78. The highest BCUT2D eigenvalue weighted by Gasteiger charge is 2.23. The van der Waals surface area contributed by atoms with Gasteiger partial charge in [0.25, 0.3) is 0 Å². The third-order valence-corrected chi connectivity index (χ3v) is 10.9. The van der Waals surface area contributed by atoms with Crippen LogP contribution in [0.1, 0.15) is 97.4 Å². The van der Waals surface area contributed by atoms with Gasteiger partial charge >= 0.3 is 0 Å². The first-order valence-electron chi connectivity index (χ1n) is 19.9. The number of carbonyl (C=O) groups is 2. The third-order valence-electron chi connectivity index (χ3n) is 10.9. The lowest BCUT2D eigenvalue weighted by atomic mass is 9.98. The molecule has 0 fully saturated rings. The highest BCUT2D eigenvalue weighted by atomic mass is 16.2. The van der Waals surface area contributed by atoms with Crippen molar-refractivity contribution in [2.45, 2.75) is 66.2 Å². The highest BCUT2D eigenvalue weighted by molar-refractivity contribution is 5.97. The molecule has 0 radical (unpaired) electrons. The van der Waals surface area contributed by atoms with Crippen molar-refractivity contribution in [1.82, 2.24) is 30.6 Å². The van der Waals surface area contributed by atoms with Crippen LogP contribution in [0.4, 0.5) is 0 Å². The minimum absolute atomic E-state index is 0.0303. The Morgan fingerprint density at radius 2 is 1.00 bits per heavy atom. The SMILES string of the molecule is C=Cc1c(C)c2cc3[nH]c(cc4nc(cc5nc(cc1[nH]2)C(C)=C5CCC(=O)NCCC[N+](C)(C)C)C(CCC(=O)NCCC[N+](C)(C)C)=C4C)c(C)c3C=C. The Kier molecular flexibility index (Phi) is 13.1. The zero-order valence-corrected chi connectivity index (χ0v) is 35.6. The Labute approximate surface area is 333 Å². The molecule has 0 unspecified atom stereocenters. The fraction of sp³-hybridized carbons (Fsp3) is 0.435. The summed E-state index contributed by atoms with van der Waals surface area (Å²) >= 11 is 0. The van der Waals surface area contributed by atoms with Crippen molar-refractivity contribution in [3.8, 4) is 0 Å². The second kappa shape index (κ2) is 17.4. The Morgan fingerprint density at radius 1 is 0.607 bits per heavy atom. The van der Waals surface area contributed by atoms with E-state index in [1.807, 2.05) is 12.2 Å². The first kappa shape index (κ1) is 42.1. The van der Waals surface area contributed by atoms with E-state index in [1.165, 1.54) is 0 Å². The first-order chi connectivity index (χ1) is 26.4. The summed E-state index contributed by atoms with van der Waals surface area (Å²) < 4.78 is 1.72. The summed E-state index contributed by atoms with van der Waals surface area (Å²) in [6.07, 6.45) is 7.39. The second-order valence-electron chi connectivity index (χ2n) is 17.4. The van der Waals surface area contributed by atoms with Gasteiger partial charge in [-0.15, -0.1) is 0 Å². The lowest BCUT2D eigenvalue weighted by Crippen LogP contribution is -2.37. The molecule has 8 bridgehead atoms. The minimum atomic E-state index is 0.0303. The Balaban J connectivity index is 1.62. The van der Waals surface area contributed by atoms with Crippen LogP contribution in [-0.4, -0.2) is 109 Å². The fourth-order valence-electron chi connectivity index (χ4n) is 7.52. The molecule has 10 heteroatoms. The zero-order valence-electron chi connectivity index (χ0n) is 35.6. The summed E-state index contributed by atoms with van der Waals surface area (Å²) in [6, 6.07) is 8.37. The second-order valence-corrected chi connectivity index (χ2v) is 17.4. The van der Waals surface area contributed by atoms with Crippen molar-refractivity contribution >= 4 is 68.3 Å². The number of fused-ring (bicyclic) bond motifs is 8. The molecule has 0 spiro atoms. The number of nitrogens with one attached hydrogen (secondary N) is 4. The largest absolute Gasteiger partial charge is 0.356 e. The zero-order chi connectivity index (χ0) is 40.9. The van der Waals surface area contributed by atoms with E-state index in [-0.39, 0.29) is 11.8 Å². The molecule has 2 amide bonds. The summed E-state index contributed by atoms with van der Waals surface area (Å²) in [5.74, 6) is 0.0614. The van der Waals surface area contributed by atoms with Gasteiger partial charge in [0.2, 0.25) is 11.8 Å². The van der Waals surface area contributed by atoms with Crippen LogP contribution in [0.5, 0.6) is 0 Å². The fourth-order valence-corrected chi connectivity index (χ4v) is 7.52. The predicted molar refractivity (Wildman–Crippen MR) is 235 cm³/mol. The monoisotopic (exact) mass is 761 g/mol. The van der Waals surface area contributed by atoms with Gasteiger partial charge in [-0.25, -0.2) is 9.97 Å². The normalized spacial score (nSPS) is 13.3. The molecular weight excluding hydrogens is 697 g/mol. The van der Waals surface area contributed by atoms with Gasteiger partial charge in [0.05, 0.1) is 78.2 Å². The van der Waals surface area contributed by atoms with Gasteiger partial charge in [-0.05, 0) is 98.2 Å². The molecule has 10 nitrogen and oxygen atoms in total. The van der Waals surface area contributed by atoms with Gasteiger partial charge in [-0.3, -0.25) is 9.59 Å². The number of quaternary nitrogens is 2. The first-order valence-corrected chi connectivity index (χ1v) is 19.9. The molecule has 5 rings (SSSR count). The third kappa shape index (κ3) is 10.2. The van der Waals surface area contributed by atoms with Gasteiger partial charge in [0, 0.05) is 72.0 Å². The number of nitrogens with zero attached hydrogens (tertiary/aromatic N) is 4. The summed E-state index contributed by atoms with van der Waals surface area (Å²) in [6.45, 7) is 19.9. The number of rotatable bonds is 16. The average molecular weight is 761 g/mol. The molecule has 4 N–H and O–H groups in total. The van der Waals surface area contributed by atoms with Crippen LogP contribution >= 0.6 is 0 Å². The smallest absolute Gasteiger partial charge is 0.220 e.